The number of benzene rings is 1. The molecular formula is C39H54N4O5S. The van der Waals surface area contributed by atoms with E-state index in [2.05, 4.69) is 30.5 Å². The number of hydrogen-bond acceptors (Lipinski definition) is 8. The van der Waals surface area contributed by atoms with Gasteiger partial charge in [0.05, 0.1) is 31.7 Å². The number of aliphatic imine (C=N–C) groups is 1. The predicted molar refractivity (Wildman–Crippen MR) is 200 cm³/mol. The van der Waals surface area contributed by atoms with E-state index in [-0.39, 0.29) is 17.9 Å². The summed E-state index contributed by atoms with van der Waals surface area (Å²) in [6.45, 7) is 13.2. The summed E-state index contributed by atoms with van der Waals surface area (Å²) in [6.07, 6.45) is 12.5. The van der Waals surface area contributed by atoms with Gasteiger partial charge in [0.1, 0.15) is 4.88 Å². The lowest BCUT2D eigenvalue weighted by Gasteiger charge is -2.41. The summed E-state index contributed by atoms with van der Waals surface area (Å²) >= 11 is 1.37. The second-order valence-corrected chi connectivity index (χ2v) is 13.6. The van der Waals surface area contributed by atoms with Crippen molar-refractivity contribution in [3.8, 4) is 21.7 Å². The first kappa shape index (κ1) is 38.2. The van der Waals surface area contributed by atoms with E-state index in [0.29, 0.717) is 23.8 Å². The Morgan fingerprint density at radius 2 is 1.65 bits per heavy atom. The van der Waals surface area contributed by atoms with E-state index in [9.17, 15) is 9.59 Å². The van der Waals surface area contributed by atoms with Crippen LogP contribution >= 0.6 is 11.3 Å². The Hall–Kier alpha value is -3.60. The number of thiophene rings is 1. The number of aromatic nitrogens is 2. The first-order valence-corrected chi connectivity index (χ1v) is 18.8. The van der Waals surface area contributed by atoms with Gasteiger partial charge in [-0.2, -0.15) is 5.10 Å². The normalized spacial score (nSPS) is 17.6. The van der Waals surface area contributed by atoms with Gasteiger partial charge in [-0.15, -0.1) is 11.3 Å². The van der Waals surface area contributed by atoms with E-state index < -0.39 is 11.8 Å². The minimum absolute atomic E-state index is 0.0363. The van der Waals surface area contributed by atoms with Crippen molar-refractivity contribution in [2.24, 2.45) is 18.0 Å². The third kappa shape index (κ3) is 9.15. The van der Waals surface area contributed by atoms with Crippen LogP contribution in [0.4, 0.5) is 11.5 Å². The van der Waals surface area contributed by atoms with Crippen LogP contribution < -0.4 is 4.90 Å². The second kappa shape index (κ2) is 18.4. The molecule has 3 aromatic rings. The van der Waals surface area contributed by atoms with E-state index in [0.717, 1.165) is 85.3 Å². The number of nitrogens with zero attached hydrogens (tertiary/aromatic N) is 4. The van der Waals surface area contributed by atoms with Crippen LogP contribution in [0, 0.1) is 5.92 Å². The molecule has 3 heterocycles. The summed E-state index contributed by atoms with van der Waals surface area (Å²) in [5, 5.41) is 4.60. The van der Waals surface area contributed by atoms with Gasteiger partial charge in [-0.25, -0.2) is 9.79 Å². The summed E-state index contributed by atoms with van der Waals surface area (Å²) in [7, 11) is 3.25. The smallest absolute Gasteiger partial charge is 0.350 e. The van der Waals surface area contributed by atoms with Crippen LogP contribution in [0.15, 0.2) is 54.0 Å². The number of carbonyl (C=O) groups is 2. The topological polar surface area (TPSA) is 95.3 Å². The molecule has 0 N–H and O–H groups in total. The molecule has 1 spiro atoms. The first-order valence-electron chi connectivity index (χ1n) is 18.0. The molecule has 6 rings (SSSR count). The van der Waals surface area contributed by atoms with Gasteiger partial charge in [-0.3, -0.25) is 9.48 Å². The quantitative estimate of drug-likeness (QED) is 0.173. The van der Waals surface area contributed by atoms with E-state index in [1.165, 1.54) is 24.9 Å². The predicted octanol–water partition coefficient (Wildman–Crippen LogP) is 9.53. The zero-order valence-electron chi connectivity index (χ0n) is 30.2. The molecule has 9 nitrogen and oxygen atoms in total. The van der Waals surface area contributed by atoms with Gasteiger partial charge < -0.3 is 19.1 Å². The maximum absolute atomic E-state index is 14.3. The van der Waals surface area contributed by atoms with Crippen molar-refractivity contribution < 1.29 is 23.8 Å². The number of allylic oxidation sites excluding steroid dienone is 1. The zero-order chi connectivity index (χ0) is 35.4. The van der Waals surface area contributed by atoms with Gasteiger partial charge in [0.25, 0.3) is 0 Å². The zero-order valence-corrected chi connectivity index (χ0v) is 31.0. The summed E-state index contributed by atoms with van der Waals surface area (Å²) in [6, 6.07) is 12.0. The number of esters is 1. The average molecular weight is 691 g/mol. The average Bonchev–Trinajstić information content (AvgIpc) is 3.89. The number of hydrogen-bond donors (Lipinski definition) is 0. The van der Waals surface area contributed by atoms with Crippen LogP contribution in [0.25, 0.3) is 21.7 Å². The molecule has 1 aliphatic heterocycles. The highest BCUT2D eigenvalue weighted by Gasteiger charge is 2.44. The number of rotatable bonds is 8. The molecule has 1 aromatic carbocycles. The van der Waals surface area contributed by atoms with Gasteiger partial charge in [0.2, 0.25) is 5.91 Å². The van der Waals surface area contributed by atoms with Crippen molar-refractivity contribution in [1.82, 2.24) is 9.78 Å². The Morgan fingerprint density at radius 3 is 2.24 bits per heavy atom. The molecule has 0 unspecified atom stereocenters. The minimum atomic E-state index is -0.533. The number of carbonyl (C=O) groups excluding carboxylic acids is 2. The van der Waals surface area contributed by atoms with Crippen LogP contribution in [0.5, 0.6) is 0 Å². The standard InChI is InChI=1S/C34H40N4O5S.C3H8.C2H6/c1-4-18-35-30-21-27(36-37(30)2)23-10-12-24(13-11-23)29-22-28(31(44-29)33(40)41-3)38(32(39)25-8-6-5-7-9-25)26-14-16-34(17-15-26)42-19-20-43-34;1-3-2;1-2/h4,10-13,18,21-22,25-26H,1,5-9,14-17,19-20H2,2-3H3;3H2,1-2H3;1-2H3/b35-18-;;. The highest BCUT2D eigenvalue weighted by Crippen LogP contribution is 2.44. The number of methoxy groups -OCH3 is 1. The molecule has 1 amide bonds. The summed E-state index contributed by atoms with van der Waals surface area (Å²) in [4.78, 5) is 35.2. The van der Waals surface area contributed by atoms with Crippen LogP contribution in [0.3, 0.4) is 0 Å². The Morgan fingerprint density at radius 1 is 1.04 bits per heavy atom. The molecule has 3 aliphatic rings. The van der Waals surface area contributed by atoms with Crippen LogP contribution in [0.1, 0.15) is 102 Å². The lowest BCUT2D eigenvalue weighted by Crippen LogP contribution is -2.49. The van der Waals surface area contributed by atoms with Crippen LogP contribution in [-0.4, -0.2) is 60.0 Å². The number of aryl methyl sites for hydroxylation is 1. The van der Waals surface area contributed by atoms with Gasteiger partial charge in [0, 0.05) is 54.6 Å². The number of amides is 1. The van der Waals surface area contributed by atoms with Crippen molar-refractivity contribution in [2.45, 2.75) is 104 Å². The summed E-state index contributed by atoms with van der Waals surface area (Å²) in [5.41, 5.74) is 3.37. The van der Waals surface area contributed by atoms with Crippen molar-refractivity contribution >= 4 is 40.9 Å². The Labute approximate surface area is 296 Å². The molecule has 0 radical (unpaired) electrons. The largest absolute Gasteiger partial charge is 0.465 e. The van der Waals surface area contributed by atoms with Crippen LogP contribution in [0.2, 0.25) is 0 Å². The molecule has 2 aromatic heterocycles. The summed E-state index contributed by atoms with van der Waals surface area (Å²) in [5.74, 6) is -0.142. The highest BCUT2D eigenvalue weighted by atomic mass is 32.1. The molecule has 266 valence electrons. The third-order valence-electron chi connectivity index (χ3n) is 9.06. The third-order valence-corrected chi connectivity index (χ3v) is 10.2. The number of ether oxygens (including phenoxy) is 3. The lowest BCUT2D eigenvalue weighted by atomic mass is 9.85. The Kier molecular flexibility index (Phi) is 14.4. The van der Waals surface area contributed by atoms with E-state index in [1.807, 2.05) is 62.2 Å². The molecule has 2 aliphatic carbocycles. The fourth-order valence-corrected chi connectivity index (χ4v) is 7.80. The number of anilines is 1. The van der Waals surface area contributed by atoms with Gasteiger partial charge >= 0.3 is 5.97 Å². The van der Waals surface area contributed by atoms with Crippen molar-refractivity contribution in [2.75, 3.05) is 25.2 Å². The first-order chi connectivity index (χ1) is 23.8. The SMILES string of the molecule is C=C/C=N\c1cc(-c2ccc(-c3cc(N(C(=O)C4CCCCC4)C4CCC5(CC4)OCCO5)c(C(=O)OC)s3)cc2)nn1C.CC.CCC. The minimum Gasteiger partial charge on any atom is -0.465 e. The summed E-state index contributed by atoms with van der Waals surface area (Å²) < 4.78 is 18.9. The molecule has 10 heteroatoms. The molecule has 3 fully saturated rings. The highest BCUT2D eigenvalue weighted by molar-refractivity contribution is 7.18. The fourth-order valence-electron chi connectivity index (χ4n) is 6.72. The maximum atomic E-state index is 14.3. The monoisotopic (exact) mass is 690 g/mol. The van der Waals surface area contributed by atoms with E-state index in [4.69, 9.17) is 14.2 Å². The van der Waals surface area contributed by atoms with Crippen molar-refractivity contribution in [1.29, 1.82) is 0 Å². The van der Waals surface area contributed by atoms with Crippen molar-refractivity contribution in [3.05, 3.63) is 53.9 Å². The molecule has 0 atom stereocenters. The van der Waals surface area contributed by atoms with Gasteiger partial charge in [0.15, 0.2) is 11.6 Å². The van der Waals surface area contributed by atoms with Crippen LogP contribution in [-0.2, 0) is 26.1 Å². The Bertz CT molecular complexity index is 1540. The molecular weight excluding hydrogens is 637 g/mol. The van der Waals surface area contributed by atoms with Gasteiger partial charge in [-0.1, -0.05) is 90.3 Å². The maximum Gasteiger partial charge on any atom is 0.350 e. The molecule has 0 bridgehead atoms. The lowest BCUT2D eigenvalue weighted by molar-refractivity contribution is -0.179. The van der Waals surface area contributed by atoms with Gasteiger partial charge in [-0.05, 0) is 37.3 Å². The van der Waals surface area contributed by atoms with Crippen molar-refractivity contribution in [3.63, 3.8) is 0 Å². The molecule has 1 saturated heterocycles. The van der Waals surface area contributed by atoms with E-state index in [1.54, 1.807) is 17.0 Å². The molecule has 2 saturated carbocycles. The Balaban J connectivity index is 0.00000103. The second-order valence-electron chi connectivity index (χ2n) is 12.5. The fraction of sp³-hybridized carbons (Fsp3) is 0.538. The molecule has 49 heavy (non-hydrogen) atoms. The van der Waals surface area contributed by atoms with E-state index >= 15 is 0 Å².